The van der Waals surface area contributed by atoms with Crippen molar-refractivity contribution in [2.75, 3.05) is 0 Å². The van der Waals surface area contributed by atoms with E-state index in [1.54, 1.807) is 0 Å². The molecule has 0 amide bonds. The van der Waals surface area contributed by atoms with Gasteiger partial charge in [-0.1, -0.05) is 212 Å². The van der Waals surface area contributed by atoms with Crippen LogP contribution in [0.25, 0.3) is 0 Å². The average Bonchev–Trinajstić information content (AvgIpc) is 3.12. The zero-order valence-corrected chi connectivity index (χ0v) is 34.2. The number of unbranched alkanes of at least 4 members (excludes halogenated alkanes) is 33. The van der Waals surface area contributed by atoms with E-state index in [4.69, 9.17) is 4.74 Å². The van der Waals surface area contributed by atoms with Crippen molar-refractivity contribution < 1.29 is 9.53 Å². The first-order valence-corrected chi connectivity index (χ1v) is 23.0. The molecule has 0 N–H and O–H groups in total. The second-order valence-corrected chi connectivity index (χ2v) is 15.9. The zero-order valence-electron chi connectivity index (χ0n) is 34.2. The summed E-state index contributed by atoms with van der Waals surface area (Å²) in [4.78, 5) is 12.0. The van der Waals surface area contributed by atoms with Gasteiger partial charge in [0.05, 0.1) is 0 Å². The lowest BCUT2D eigenvalue weighted by atomic mass is 9.93. The third kappa shape index (κ3) is 31.4. The van der Waals surface area contributed by atoms with E-state index in [1.807, 2.05) is 0 Å². The van der Waals surface area contributed by atoms with Crippen molar-refractivity contribution in [2.24, 2.45) is 5.92 Å². The molecule has 1 fully saturated rings. The standard InChI is InChI=1S/C48H88O2/c1-3-5-7-9-11-13-15-17-19-21-23-25-27-29-31-33-35-37-39-41-43-45-47-46(48(49)50-47)44-42-40-38-36-34-32-30-28-26-24-22-20-18-16-14-12-10-8-6-4-2/h23-26,45-46H,3-22,27-44H2,1-2H3/b25-23+,26-24+,47-45+. The largest absolute Gasteiger partial charge is 0.430 e. The average molecular weight is 697 g/mol. The molecule has 1 unspecified atom stereocenters. The fourth-order valence-corrected chi connectivity index (χ4v) is 7.41. The maximum atomic E-state index is 12.0. The smallest absolute Gasteiger partial charge is 0.321 e. The van der Waals surface area contributed by atoms with Crippen LogP contribution in [0.1, 0.15) is 258 Å². The minimum absolute atomic E-state index is 0.0143. The number of hydrogen-bond acceptors (Lipinski definition) is 2. The Balaban J connectivity index is 1.82. The maximum Gasteiger partial charge on any atom is 0.321 e. The number of ether oxygens (including phenoxy) is 1. The number of esters is 1. The molecule has 0 saturated carbocycles. The molecular formula is C48H88O2. The van der Waals surface area contributed by atoms with Gasteiger partial charge >= 0.3 is 5.97 Å². The van der Waals surface area contributed by atoms with Gasteiger partial charge < -0.3 is 4.74 Å². The van der Waals surface area contributed by atoms with E-state index in [0.717, 1.165) is 25.0 Å². The zero-order chi connectivity index (χ0) is 35.8. The topological polar surface area (TPSA) is 26.3 Å². The van der Waals surface area contributed by atoms with E-state index in [1.165, 1.54) is 225 Å². The highest BCUT2D eigenvalue weighted by Gasteiger charge is 2.36. The number of carbonyl (C=O) groups excluding carboxylic acids is 1. The Morgan fingerprint density at radius 3 is 0.980 bits per heavy atom. The van der Waals surface area contributed by atoms with E-state index in [9.17, 15) is 4.79 Å². The van der Waals surface area contributed by atoms with Gasteiger partial charge in [-0.05, 0) is 76.7 Å². The van der Waals surface area contributed by atoms with Gasteiger partial charge in [0, 0.05) is 0 Å². The maximum absolute atomic E-state index is 12.0. The highest BCUT2D eigenvalue weighted by Crippen LogP contribution is 2.32. The van der Waals surface area contributed by atoms with E-state index < -0.39 is 0 Å². The summed E-state index contributed by atoms with van der Waals surface area (Å²) in [5.41, 5.74) is 0. The Kier molecular flexibility index (Phi) is 36.4. The van der Waals surface area contributed by atoms with Crippen molar-refractivity contribution in [1.82, 2.24) is 0 Å². The Hall–Kier alpha value is -1.31. The lowest BCUT2D eigenvalue weighted by Gasteiger charge is -2.28. The van der Waals surface area contributed by atoms with Crippen LogP contribution in [0.5, 0.6) is 0 Å². The number of hydrogen-bond donors (Lipinski definition) is 0. The van der Waals surface area contributed by atoms with E-state index >= 15 is 0 Å². The molecule has 0 aromatic rings. The van der Waals surface area contributed by atoms with E-state index in [0.29, 0.717) is 0 Å². The molecule has 0 aliphatic carbocycles. The minimum atomic E-state index is 0.0143. The van der Waals surface area contributed by atoms with Crippen LogP contribution >= 0.6 is 0 Å². The molecule has 0 bridgehead atoms. The van der Waals surface area contributed by atoms with Crippen molar-refractivity contribution in [3.63, 3.8) is 0 Å². The van der Waals surface area contributed by atoms with Crippen LogP contribution < -0.4 is 0 Å². The van der Waals surface area contributed by atoms with Crippen LogP contribution in [0.4, 0.5) is 0 Å². The van der Waals surface area contributed by atoms with Gasteiger partial charge in [0.1, 0.15) is 11.7 Å². The SMILES string of the molecule is CCCCCCCCCCC/C=C/CCCCCCCCC/C=C1/OC(=O)C1CCCCCCCCC/C=C/CCCCCCCCCCC. The molecule has 1 saturated heterocycles. The van der Waals surface area contributed by atoms with Gasteiger partial charge in [-0.3, -0.25) is 4.79 Å². The Morgan fingerprint density at radius 1 is 0.380 bits per heavy atom. The lowest BCUT2D eigenvalue weighted by Crippen LogP contribution is -2.32. The Morgan fingerprint density at radius 2 is 0.660 bits per heavy atom. The van der Waals surface area contributed by atoms with Crippen LogP contribution in [-0.4, -0.2) is 5.97 Å². The summed E-state index contributed by atoms with van der Waals surface area (Å²) in [6.45, 7) is 4.59. The third-order valence-electron chi connectivity index (χ3n) is 10.9. The summed E-state index contributed by atoms with van der Waals surface area (Å²) < 4.78 is 5.40. The quantitative estimate of drug-likeness (QED) is 0.0362. The Labute approximate surface area is 314 Å². The van der Waals surface area contributed by atoms with Crippen LogP contribution in [0, 0.1) is 5.92 Å². The first kappa shape index (κ1) is 46.7. The van der Waals surface area contributed by atoms with Gasteiger partial charge in [0.15, 0.2) is 0 Å². The highest BCUT2D eigenvalue weighted by atomic mass is 16.6. The van der Waals surface area contributed by atoms with Gasteiger partial charge in [0.2, 0.25) is 0 Å². The van der Waals surface area contributed by atoms with Gasteiger partial charge in [-0.2, -0.15) is 0 Å². The van der Waals surface area contributed by atoms with Crippen molar-refractivity contribution in [3.8, 4) is 0 Å². The highest BCUT2D eigenvalue weighted by molar-refractivity contribution is 5.82. The predicted molar refractivity (Wildman–Crippen MR) is 223 cm³/mol. The molecule has 2 nitrogen and oxygen atoms in total. The molecule has 1 aliphatic heterocycles. The number of carbonyl (C=O) groups is 1. The minimum Gasteiger partial charge on any atom is -0.430 e. The first-order valence-electron chi connectivity index (χ1n) is 23.0. The summed E-state index contributed by atoms with van der Waals surface area (Å²) in [6.07, 6.45) is 63.1. The third-order valence-corrected chi connectivity index (χ3v) is 10.9. The van der Waals surface area contributed by atoms with Crippen LogP contribution in [0.3, 0.4) is 0 Å². The number of rotatable bonds is 40. The van der Waals surface area contributed by atoms with Crippen LogP contribution in [0.15, 0.2) is 36.1 Å². The molecule has 50 heavy (non-hydrogen) atoms. The molecule has 1 heterocycles. The molecule has 0 spiro atoms. The lowest BCUT2D eigenvalue weighted by molar-refractivity contribution is -0.157. The van der Waals surface area contributed by atoms with E-state index in [2.05, 4.69) is 44.2 Å². The van der Waals surface area contributed by atoms with Crippen LogP contribution in [-0.2, 0) is 9.53 Å². The summed E-state index contributed by atoms with van der Waals surface area (Å²) >= 11 is 0. The van der Waals surface area contributed by atoms with Crippen molar-refractivity contribution >= 4 is 5.97 Å². The molecule has 1 rings (SSSR count). The van der Waals surface area contributed by atoms with Crippen molar-refractivity contribution in [2.45, 2.75) is 258 Å². The van der Waals surface area contributed by atoms with E-state index in [-0.39, 0.29) is 11.9 Å². The van der Waals surface area contributed by atoms with Gasteiger partial charge in [0.25, 0.3) is 0 Å². The summed E-state index contributed by atoms with van der Waals surface area (Å²) in [5, 5.41) is 0. The molecule has 0 aromatic carbocycles. The Bertz CT molecular complexity index is 792. The second kappa shape index (κ2) is 38.9. The summed E-state index contributed by atoms with van der Waals surface area (Å²) in [5.74, 6) is 1.06. The van der Waals surface area contributed by atoms with Gasteiger partial charge in [-0.15, -0.1) is 0 Å². The van der Waals surface area contributed by atoms with Crippen molar-refractivity contribution in [1.29, 1.82) is 0 Å². The fourth-order valence-electron chi connectivity index (χ4n) is 7.41. The molecule has 1 aliphatic rings. The molecule has 1 atom stereocenters. The second-order valence-electron chi connectivity index (χ2n) is 15.9. The van der Waals surface area contributed by atoms with Crippen molar-refractivity contribution in [3.05, 3.63) is 36.1 Å². The van der Waals surface area contributed by atoms with Crippen LogP contribution in [0.2, 0.25) is 0 Å². The first-order chi connectivity index (χ1) is 24.8. The molecule has 292 valence electrons. The summed E-state index contributed by atoms with van der Waals surface area (Å²) in [7, 11) is 0. The molecule has 0 radical (unpaired) electrons. The molecule has 0 aromatic heterocycles. The molecular weight excluding hydrogens is 609 g/mol. The van der Waals surface area contributed by atoms with Gasteiger partial charge in [-0.25, -0.2) is 0 Å². The molecule has 2 heteroatoms. The number of allylic oxidation sites excluding steroid dienone is 5. The predicted octanol–water partition coefficient (Wildman–Crippen LogP) is 17.0. The fraction of sp³-hybridized carbons (Fsp3) is 0.854. The monoisotopic (exact) mass is 697 g/mol. The normalized spacial score (nSPS) is 15.5. The number of cyclic esters (lactones) is 1. The summed E-state index contributed by atoms with van der Waals surface area (Å²) in [6, 6.07) is 0.